The number of carbonyl (C=O) groups is 2. The Morgan fingerprint density at radius 3 is 2.14 bits per heavy atom. The van der Waals surface area contributed by atoms with Crippen molar-refractivity contribution in [2.24, 2.45) is 0 Å². The molecular formula is C25H17BrF6I3N3O5. The van der Waals surface area contributed by atoms with Crippen molar-refractivity contribution in [3.8, 4) is 11.5 Å². The average molecular weight is 1010 g/mol. The van der Waals surface area contributed by atoms with Crippen molar-refractivity contribution in [2.75, 3.05) is 24.4 Å². The van der Waals surface area contributed by atoms with E-state index in [-0.39, 0.29) is 27.0 Å². The van der Waals surface area contributed by atoms with Crippen molar-refractivity contribution in [2.45, 2.75) is 17.9 Å². The van der Waals surface area contributed by atoms with Gasteiger partial charge in [-0.2, -0.15) is 31.1 Å². The summed E-state index contributed by atoms with van der Waals surface area (Å²) in [7, 11) is 2.59. The van der Waals surface area contributed by atoms with E-state index in [0.29, 0.717) is 56.0 Å². The predicted octanol–water partition coefficient (Wildman–Crippen LogP) is 7.91. The van der Waals surface area contributed by atoms with Crippen LogP contribution in [0.1, 0.15) is 26.3 Å². The van der Waals surface area contributed by atoms with Crippen LogP contribution in [-0.4, -0.2) is 40.4 Å². The zero-order valence-corrected chi connectivity index (χ0v) is 29.5. The Balaban J connectivity index is 2.08. The number of ether oxygens (including phenoxy) is 2. The molecule has 0 aliphatic heterocycles. The van der Waals surface area contributed by atoms with E-state index >= 15 is 0 Å². The van der Waals surface area contributed by atoms with Crippen molar-refractivity contribution in [1.29, 1.82) is 0 Å². The predicted molar refractivity (Wildman–Crippen MR) is 173 cm³/mol. The second-order valence-electron chi connectivity index (χ2n) is 8.49. The van der Waals surface area contributed by atoms with Crippen LogP contribution >= 0.6 is 83.7 Å². The van der Waals surface area contributed by atoms with Gasteiger partial charge < -0.3 is 24.9 Å². The highest BCUT2D eigenvalue weighted by atomic mass is 127. The Labute approximate surface area is 289 Å². The summed E-state index contributed by atoms with van der Waals surface area (Å²) in [5, 5.41) is 13.6. The number of anilines is 2. The number of alkyl halides is 9. The number of para-hydroxylation sites is 1. The molecule has 0 aliphatic rings. The summed E-state index contributed by atoms with van der Waals surface area (Å²) in [6, 6.07) is 8.12. The van der Waals surface area contributed by atoms with Gasteiger partial charge in [-0.3, -0.25) is 9.59 Å². The van der Waals surface area contributed by atoms with Crippen LogP contribution in [0.15, 0.2) is 59.3 Å². The summed E-state index contributed by atoms with van der Waals surface area (Å²) in [5.74, 6) is -2.53. The molecule has 1 heterocycles. The molecule has 2 aromatic carbocycles. The fourth-order valence-corrected chi connectivity index (χ4v) is 6.47. The molecule has 0 atom stereocenters. The minimum Gasteiger partial charge on any atom is -0.619 e. The normalized spacial score (nSPS) is 12.2. The van der Waals surface area contributed by atoms with Crippen LogP contribution in [0.25, 0.3) is 0 Å². The third-order valence-corrected chi connectivity index (χ3v) is 12.1. The summed E-state index contributed by atoms with van der Waals surface area (Å²) < 4.78 is 83.5. The van der Waals surface area contributed by atoms with Gasteiger partial charge in [0.05, 0.1) is 29.6 Å². The maximum atomic E-state index is 14.5. The van der Waals surface area contributed by atoms with E-state index in [4.69, 9.17) is 4.74 Å². The van der Waals surface area contributed by atoms with E-state index in [2.05, 4.69) is 26.0 Å². The Kier molecular flexibility index (Phi) is 11.3. The Bertz CT molecular complexity index is 1510. The molecule has 0 radical (unpaired) electrons. The zero-order valence-electron chi connectivity index (χ0n) is 21.5. The van der Waals surface area contributed by atoms with Crippen molar-refractivity contribution in [1.82, 2.24) is 0 Å². The molecule has 1 aromatic heterocycles. The molecule has 3 aromatic rings. The fraction of sp³-hybridized carbons (Fsp3) is 0.240. The molecule has 18 heteroatoms. The van der Waals surface area contributed by atoms with Gasteiger partial charge >= 0.3 is 14.5 Å². The number of carbonyl (C=O) groups excluding carboxylic acids is 2. The summed E-state index contributed by atoms with van der Waals surface area (Å²) in [6.45, 7) is -3.52. The lowest BCUT2D eigenvalue weighted by Crippen LogP contribution is -2.47. The van der Waals surface area contributed by atoms with Crippen molar-refractivity contribution < 1.29 is 50.1 Å². The molecule has 0 fully saturated rings. The number of aromatic nitrogens is 1. The molecule has 0 aliphatic carbocycles. The van der Waals surface area contributed by atoms with E-state index in [1.54, 1.807) is 0 Å². The number of hydrogen-bond acceptors (Lipinski definition) is 5. The Hall–Kier alpha value is -1.82. The largest absolute Gasteiger partial charge is 0.619 e. The van der Waals surface area contributed by atoms with E-state index in [9.17, 15) is 41.1 Å². The third kappa shape index (κ3) is 7.53. The standard InChI is InChI=1S/C25H17BrF6I3N3O5/c1-37(21(40)12-6-8-38(41)9-7-12)16-5-3-4-14(19(16)42-2)20(39)36-18-15(26)10-13(11-17(18)43-22(27)28)23(33,24(29,30)34)25(31,32)35/h3-11,22H,1-2H3,(H,36,39). The smallest absolute Gasteiger partial charge is 0.387 e. The van der Waals surface area contributed by atoms with Crippen LogP contribution in [0, 0.1) is 5.21 Å². The van der Waals surface area contributed by atoms with Gasteiger partial charge in [-0.25, -0.2) is 0 Å². The average Bonchev–Trinajstić information content (AvgIpc) is 2.91. The van der Waals surface area contributed by atoms with Crippen LogP contribution in [0.2, 0.25) is 0 Å². The van der Waals surface area contributed by atoms with Gasteiger partial charge in [0.2, 0.25) is 0 Å². The molecule has 2 amide bonds. The maximum Gasteiger partial charge on any atom is 0.387 e. The number of nitrogens with zero attached hydrogens (tertiary/aromatic N) is 2. The number of nitrogens with one attached hydrogen (secondary N) is 1. The number of benzene rings is 2. The summed E-state index contributed by atoms with van der Waals surface area (Å²) in [5.41, 5.74) is -1.18. The molecule has 8 nitrogen and oxygen atoms in total. The van der Waals surface area contributed by atoms with Crippen LogP contribution in [0.4, 0.5) is 37.7 Å². The lowest BCUT2D eigenvalue weighted by Gasteiger charge is -2.36. The molecule has 0 spiro atoms. The molecule has 43 heavy (non-hydrogen) atoms. The van der Waals surface area contributed by atoms with Crippen LogP contribution in [0.5, 0.6) is 11.5 Å². The molecule has 3 rings (SSSR count). The first-order chi connectivity index (χ1) is 19.8. The monoisotopic (exact) mass is 1010 g/mol. The fourth-order valence-electron chi connectivity index (χ4n) is 3.80. The number of halogens is 10. The first kappa shape index (κ1) is 35.7. The summed E-state index contributed by atoms with van der Waals surface area (Å²) >= 11 is 4.94. The maximum absolute atomic E-state index is 14.5. The molecule has 0 saturated heterocycles. The van der Waals surface area contributed by atoms with Gasteiger partial charge in [0.15, 0.2) is 27.3 Å². The van der Waals surface area contributed by atoms with Gasteiger partial charge in [-0.1, -0.05) is 28.7 Å². The van der Waals surface area contributed by atoms with E-state index < -0.39 is 46.7 Å². The number of rotatable bonds is 10. The molecule has 1 N–H and O–H groups in total. The Morgan fingerprint density at radius 1 is 1.05 bits per heavy atom. The van der Waals surface area contributed by atoms with Gasteiger partial charge in [0, 0.05) is 68.8 Å². The molecule has 232 valence electrons. The van der Waals surface area contributed by atoms with Gasteiger partial charge in [-0.15, -0.1) is 0 Å². The SMILES string of the molecule is COc1c(C(=O)Nc2c(Br)cc(C(I)(C(F)(F)I)C(F)(F)I)cc2OC(F)F)cccc1N(C)C(=O)c1cc[n+]([O-])cc1. The van der Waals surface area contributed by atoms with Gasteiger partial charge in [0.1, 0.15) is 0 Å². The summed E-state index contributed by atoms with van der Waals surface area (Å²) in [4.78, 5) is 27.5. The van der Waals surface area contributed by atoms with Crippen LogP contribution in [-0.2, 0) is 3.42 Å². The van der Waals surface area contributed by atoms with E-state index in [0.717, 1.165) is 46.0 Å². The first-order valence-corrected chi connectivity index (χ1v) is 15.4. The highest BCUT2D eigenvalue weighted by Crippen LogP contribution is 2.61. The van der Waals surface area contributed by atoms with Gasteiger partial charge in [-0.05, 0) is 45.8 Å². The highest BCUT2D eigenvalue weighted by molar-refractivity contribution is 14.1. The first-order valence-electron chi connectivity index (χ1n) is 11.4. The number of pyridine rings is 1. The number of methoxy groups -OCH3 is 1. The molecule has 0 bridgehead atoms. The van der Waals surface area contributed by atoms with Gasteiger partial charge in [0.25, 0.3) is 11.8 Å². The zero-order chi connectivity index (χ0) is 32.5. The second-order valence-corrected chi connectivity index (χ2v) is 13.7. The minimum absolute atomic E-state index is 0.112. The lowest BCUT2D eigenvalue weighted by atomic mass is 9.98. The Morgan fingerprint density at radius 2 is 1.63 bits per heavy atom. The lowest BCUT2D eigenvalue weighted by molar-refractivity contribution is -0.605. The van der Waals surface area contributed by atoms with E-state index in [1.807, 2.05) is 0 Å². The molecule has 0 unspecified atom stereocenters. The minimum atomic E-state index is -4.07. The van der Waals surface area contributed by atoms with Crippen LogP contribution in [0.3, 0.4) is 0 Å². The van der Waals surface area contributed by atoms with Crippen molar-refractivity contribution in [3.63, 3.8) is 0 Å². The van der Waals surface area contributed by atoms with Crippen molar-refractivity contribution in [3.05, 3.63) is 81.2 Å². The van der Waals surface area contributed by atoms with Crippen molar-refractivity contribution >= 4 is 107 Å². The summed E-state index contributed by atoms with van der Waals surface area (Å²) in [6.07, 6.45) is 2.24. The second kappa shape index (κ2) is 13.7. The van der Waals surface area contributed by atoms with Crippen LogP contribution < -0.4 is 24.4 Å². The quantitative estimate of drug-likeness (QED) is 0.0734. The highest BCUT2D eigenvalue weighted by Gasteiger charge is 2.66. The number of hydrogen-bond donors (Lipinski definition) is 1. The van der Waals surface area contributed by atoms with E-state index in [1.165, 1.54) is 44.5 Å². The third-order valence-electron chi connectivity index (χ3n) is 5.85. The number of amides is 2. The molecular weight excluding hydrogens is 997 g/mol. The molecule has 0 saturated carbocycles. The topological polar surface area (TPSA) is 94.8 Å².